The molecule has 2 amide bonds. The summed E-state index contributed by atoms with van der Waals surface area (Å²) >= 11 is 0. The third-order valence-electron chi connectivity index (χ3n) is 5.66. The van der Waals surface area contributed by atoms with Crippen molar-refractivity contribution < 1.29 is 9.59 Å². The van der Waals surface area contributed by atoms with Gasteiger partial charge in [0, 0.05) is 57.4 Å². The summed E-state index contributed by atoms with van der Waals surface area (Å²) in [5.41, 5.74) is 4.38. The van der Waals surface area contributed by atoms with Crippen LogP contribution in [0.4, 0.5) is 11.4 Å². The van der Waals surface area contributed by atoms with Gasteiger partial charge >= 0.3 is 0 Å². The molecule has 0 N–H and O–H groups in total. The molecule has 0 bridgehead atoms. The van der Waals surface area contributed by atoms with E-state index in [1.807, 2.05) is 42.2 Å². The molecular weight excluding hydrogens is 362 g/mol. The summed E-state index contributed by atoms with van der Waals surface area (Å²) in [5, 5.41) is 0. The Hall–Kier alpha value is -2.82. The van der Waals surface area contributed by atoms with E-state index < -0.39 is 0 Å². The van der Waals surface area contributed by atoms with Gasteiger partial charge in [-0.05, 0) is 36.6 Å². The third kappa shape index (κ3) is 4.97. The van der Waals surface area contributed by atoms with E-state index in [1.165, 1.54) is 5.69 Å². The molecule has 0 radical (unpaired) electrons. The summed E-state index contributed by atoms with van der Waals surface area (Å²) in [6.07, 6.45) is 1.21. The lowest BCUT2D eigenvalue weighted by molar-refractivity contribution is -0.131. The van der Waals surface area contributed by atoms with Gasteiger partial charge < -0.3 is 14.7 Å². The second-order valence-electron chi connectivity index (χ2n) is 7.56. The summed E-state index contributed by atoms with van der Waals surface area (Å²) in [6.45, 7) is 9.23. The summed E-state index contributed by atoms with van der Waals surface area (Å²) in [6, 6.07) is 16.4. The Morgan fingerprint density at radius 2 is 1.66 bits per heavy atom. The number of piperazine rings is 1. The van der Waals surface area contributed by atoms with Crippen molar-refractivity contribution in [3.63, 3.8) is 0 Å². The highest BCUT2D eigenvalue weighted by Gasteiger charge is 2.23. The molecule has 0 atom stereocenters. The molecule has 0 spiro atoms. The quantitative estimate of drug-likeness (QED) is 0.752. The maximum atomic E-state index is 12.8. The van der Waals surface area contributed by atoms with Crippen LogP contribution < -0.4 is 9.80 Å². The molecular formula is C24H31N3O2. The van der Waals surface area contributed by atoms with Crippen molar-refractivity contribution in [3.05, 3.63) is 59.7 Å². The minimum absolute atomic E-state index is 0.0179. The summed E-state index contributed by atoms with van der Waals surface area (Å²) in [7, 11) is 0. The van der Waals surface area contributed by atoms with E-state index in [-0.39, 0.29) is 11.8 Å². The predicted molar refractivity (Wildman–Crippen MR) is 118 cm³/mol. The molecule has 1 heterocycles. The van der Waals surface area contributed by atoms with Crippen molar-refractivity contribution in [1.29, 1.82) is 0 Å². The molecule has 1 aliphatic rings. The zero-order valence-electron chi connectivity index (χ0n) is 17.7. The summed E-state index contributed by atoms with van der Waals surface area (Å²) in [5.74, 6) is 0.103. The molecule has 1 fully saturated rings. The van der Waals surface area contributed by atoms with Gasteiger partial charge in [0.15, 0.2) is 0 Å². The van der Waals surface area contributed by atoms with Gasteiger partial charge in [-0.15, -0.1) is 0 Å². The Labute approximate surface area is 173 Å². The van der Waals surface area contributed by atoms with Crippen molar-refractivity contribution >= 4 is 23.2 Å². The van der Waals surface area contributed by atoms with E-state index in [1.54, 1.807) is 11.8 Å². The standard InChI is InChI=1S/C24H31N3O2/c1-4-21-10-8-9-19(2)24(21)27(20(3)28)14-13-23(29)26-17-15-25(16-18-26)22-11-6-5-7-12-22/h5-12H,4,13-18H2,1-3H3. The first kappa shape index (κ1) is 20.9. The van der Waals surface area contributed by atoms with Crippen molar-refractivity contribution in [3.8, 4) is 0 Å². The van der Waals surface area contributed by atoms with Gasteiger partial charge in [0.2, 0.25) is 11.8 Å². The van der Waals surface area contributed by atoms with Crippen LogP contribution in [0.15, 0.2) is 48.5 Å². The fourth-order valence-electron chi connectivity index (χ4n) is 4.04. The van der Waals surface area contributed by atoms with Crippen LogP contribution in [-0.2, 0) is 16.0 Å². The topological polar surface area (TPSA) is 43.9 Å². The zero-order valence-corrected chi connectivity index (χ0v) is 17.7. The number of para-hydroxylation sites is 2. The molecule has 5 heteroatoms. The maximum Gasteiger partial charge on any atom is 0.224 e. The van der Waals surface area contributed by atoms with E-state index in [9.17, 15) is 9.59 Å². The molecule has 3 rings (SSSR count). The van der Waals surface area contributed by atoms with Crippen LogP contribution in [0, 0.1) is 6.92 Å². The fourth-order valence-corrected chi connectivity index (χ4v) is 4.04. The second-order valence-corrected chi connectivity index (χ2v) is 7.56. The first-order chi connectivity index (χ1) is 14.0. The van der Waals surface area contributed by atoms with Crippen LogP contribution in [-0.4, -0.2) is 49.4 Å². The van der Waals surface area contributed by atoms with Gasteiger partial charge in [-0.1, -0.05) is 43.3 Å². The number of hydrogen-bond donors (Lipinski definition) is 0. The lowest BCUT2D eigenvalue weighted by Gasteiger charge is -2.36. The van der Waals surface area contributed by atoms with Gasteiger partial charge in [0.1, 0.15) is 0 Å². The largest absolute Gasteiger partial charge is 0.368 e. The number of rotatable bonds is 6. The fraction of sp³-hybridized carbons (Fsp3) is 0.417. The van der Waals surface area contributed by atoms with Crippen LogP contribution in [0.1, 0.15) is 31.4 Å². The molecule has 1 saturated heterocycles. The molecule has 154 valence electrons. The lowest BCUT2D eigenvalue weighted by atomic mass is 10.0. The Balaban J connectivity index is 1.60. The van der Waals surface area contributed by atoms with Gasteiger partial charge in [-0.2, -0.15) is 0 Å². The first-order valence-corrected chi connectivity index (χ1v) is 10.5. The Kier molecular flexibility index (Phi) is 6.91. The van der Waals surface area contributed by atoms with Crippen LogP contribution in [0.3, 0.4) is 0 Å². The highest BCUT2D eigenvalue weighted by molar-refractivity contribution is 5.94. The monoisotopic (exact) mass is 393 g/mol. The molecule has 2 aromatic carbocycles. The third-order valence-corrected chi connectivity index (χ3v) is 5.66. The van der Waals surface area contributed by atoms with Crippen molar-refractivity contribution in [2.45, 2.75) is 33.6 Å². The molecule has 2 aromatic rings. The number of carbonyl (C=O) groups excluding carboxylic acids is 2. The van der Waals surface area contributed by atoms with E-state index in [0.29, 0.717) is 13.0 Å². The zero-order chi connectivity index (χ0) is 20.8. The maximum absolute atomic E-state index is 12.8. The summed E-state index contributed by atoms with van der Waals surface area (Å²) < 4.78 is 0. The average molecular weight is 394 g/mol. The van der Waals surface area contributed by atoms with Crippen molar-refractivity contribution in [1.82, 2.24) is 4.90 Å². The molecule has 0 unspecified atom stereocenters. The Morgan fingerprint density at radius 3 is 2.28 bits per heavy atom. The normalized spacial score (nSPS) is 14.0. The number of amides is 2. The van der Waals surface area contributed by atoms with E-state index >= 15 is 0 Å². The number of nitrogens with zero attached hydrogens (tertiary/aromatic N) is 3. The average Bonchev–Trinajstić information content (AvgIpc) is 2.75. The highest BCUT2D eigenvalue weighted by Crippen LogP contribution is 2.26. The number of anilines is 2. The smallest absolute Gasteiger partial charge is 0.224 e. The van der Waals surface area contributed by atoms with E-state index in [4.69, 9.17) is 0 Å². The van der Waals surface area contributed by atoms with Crippen LogP contribution in [0.5, 0.6) is 0 Å². The van der Waals surface area contributed by atoms with Crippen molar-refractivity contribution in [2.24, 2.45) is 0 Å². The van der Waals surface area contributed by atoms with E-state index in [0.717, 1.165) is 49.4 Å². The molecule has 0 aliphatic carbocycles. The van der Waals surface area contributed by atoms with Gasteiger partial charge in [-0.25, -0.2) is 0 Å². The van der Waals surface area contributed by atoms with E-state index in [2.05, 4.69) is 30.0 Å². The molecule has 0 saturated carbocycles. The van der Waals surface area contributed by atoms with Crippen LogP contribution >= 0.6 is 0 Å². The predicted octanol–water partition coefficient (Wildman–Crippen LogP) is 3.65. The SMILES string of the molecule is CCc1cccc(C)c1N(CCC(=O)N1CCN(c2ccccc2)CC1)C(C)=O. The highest BCUT2D eigenvalue weighted by atomic mass is 16.2. The van der Waals surface area contributed by atoms with Crippen molar-refractivity contribution in [2.75, 3.05) is 42.5 Å². The molecule has 1 aliphatic heterocycles. The second kappa shape index (κ2) is 9.59. The summed E-state index contributed by atoms with van der Waals surface area (Å²) in [4.78, 5) is 31.2. The first-order valence-electron chi connectivity index (χ1n) is 10.5. The minimum atomic E-state index is -0.0179. The number of benzene rings is 2. The molecule has 5 nitrogen and oxygen atoms in total. The Bertz CT molecular complexity index is 842. The van der Waals surface area contributed by atoms with Gasteiger partial charge in [0.05, 0.1) is 0 Å². The van der Waals surface area contributed by atoms with Gasteiger partial charge in [0.25, 0.3) is 0 Å². The van der Waals surface area contributed by atoms with Crippen LogP contribution in [0.2, 0.25) is 0 Å². The Morgan fingerprint density at radius 1 is 0.966 bits per heavy atom. The molecule has 29 heavy (non-hydrogen) atoms. The van der Waals surface area contributed by atoms with Gasteiger partial charge in [-0.3, -0.25) is 9.59 Å². The minimum Gasteiger partial charge on any atom is -0.368 e. The van der Waals surface area contributed by atoms with Crippen LogP contribution in [0.25, 0.3) is 0 Å². The lowest BCUT2D eigenvalue weighted by Crippen LogP contribution is -2.49. The number of hydrogen-bond acceptors (Lipinski definition) is 3. The number of aryl methyl sites for hydroxylation is 2. The molecule has 0 aromatic heterocycles. The number of carbonyl (C=O) groups is 2.